The zero-order chi connectivity index (χ0) is 14.5. The first-order valence-corrected chi connectivity index (χ1v) is 9.07. The predicted molar refractivity (Wildman–Crippen MR) is 80.7 cm³/mol. The molecule has 5 heteroatoms. The second kappa shape index (κ2) is 7.04. The molecule has 0 aromatic rings. The topological polar surface area (TPSA) is 49.4 Å². The van der Waals surface area contributed by atoms with E-state index in [1.54, 1.807) is 4.31 Å². The van der Waals surface area contributed by atoms with Gasteiger partial charge in [0, 0.05) is 19.1 Å². The Morgan fingerprint density at radius 2 is 1.95 bits per heavy atom. The van der Waals surface area contributed by atoms with Crippen LogP contribution in [-0.4, -0.2) is 44.2 Å². The van der Waals surface area contributed by atoms with Gasteiger partial charge in [-0.2, -0.15) is 4.31 Å². The van der Waals surface area contributed by atoms with E-state index in [-0.39, 0.29) is 17.2 Å². The van der Waals surface area contributed by atoms with Crippen LogP contribution in [-0.2, 0) is 10.0 Å². The SMILES string of the molecule is CCNCC1CCCCN1S(=O)(=O)CCC(C)(C)C. The van der Waals surface area contributed by atoms with Crippen LogP contribution in [0.15, 0.2) is 0 Å². The van der Waals surface area contributed by atoms with Crippen LogP contribution >= 0.6 is 0 Å². The Balaban J connectivity index is 2.67. The third-order valence-electron chi connectivity index (χ3n) is 3.67. The Hall–Kier alpha value is -0.130. The van der Waals surface area contributed by atoms with Gasteiger partial charge in [0.05, 0.1) is 5.75 Å². The fourth-order valence-corrected chi connectivity index (χ4v) is 4.55. The van der Waals surface area contributed by atoms with Gasteiger partial charge in [-0.25, -0.2) is 8.42 Å². The summed E-state index contributed by atoms with van der Waals surface area (Å²) in [7, 11) is -3.10. The molecule has 1 saturated heterocycles. The number of hydrogen-bond donors (Lipinski definition) is 1. The smallest absolute Gasteiger partial charge is 0.214 e. The normalized spacial score (nSPS) is 22.6. The highest BCUT2D eigenvalue weighted by Crippen LogP contribution is 2.24. The molecule has 0 radical (unpaired) electrons. The average Bonchev–Trinajstić information content (AvgIpc) is 2.34. The van der Waals surface area contributed by atoms with Gasteiger partial charge in [0.25, 0.3) is 0 Å². The van der Waals surface area contributed by atoms with E-state index in [2.05, 4.69) is 33.0 Å². The van der Waals surface area contributed by atoms with E-state index >= 15 is 0 Å². The molecule has 1 rings (SSSR count). The largest absolute Gasteiger partial charge is 0.315 e. The molecular weight excluding hydrogens is 260 g/mol. The summed E-state index contributed by atoms with van der Waals surface area (Å²) in [6, 6.07) is 0.152. The number of nitrogens with zero attached hydrogens (tertiary/aromatic N) is 1. The van der Waals surface area contributed by atoms with E-state index in [0.717, 1.165) is 38.8 Å². The van der Waals surface area contributed by atoms with E-state index in [1.165, 1.54) is 0 Å². The molecule has 1 fully saturated rings. The molecule has 0 aliphatic carbocycles. The van der Waals surface area contributed by atoms with Gasteiger partial charge in [-0.05, 0) is 31.2 Å². The lowest BCUT2D eigenvalue weighted by Crippen LogP contribution is -2.49. The second-order valence-electron chi connectivity index (χ2n) is 6.69. The minimum atomic E-state index is -3.10. The molecule has 1 aliphatic rings. The summed E-state index contributed by atoms with van der Waals surface area (Å²) in [6.07, 6.45) is 3.85. The molecule has 1 aliphatic heterocycles. The van der Waals surface area contributed by atoms with Gasteiger partial charge in [0.15, 0.2) is 0 Å². The molecule has 19 heavy (non-hydrogen) atoms. The van der Waals surface area contributed by atoms with Gasteiger partial charge in [-0.1, -0.05) is 34.1 Å². The predicted octanol–water partition coefficient (Wildman–Crippen LogP) is 2.22. The Labute approximate surface area is 119 Å². The van der Waals surface area contributed by atoms with E-state index in [1.807, 2.05) is 0 Å². The van der Waals surface area contributed by atoms with Gasteiger partial charge in [0.1, 0.15) is 0 Å². The lowest BCUT2D eigenvalue weighted by atomic mass is 9.94. The highest BCUT2D eigenvalue weighted by Gasteiger charge is 2.32. The molecule has 0 aromatic heterocycles. The standard InChI is InChI=1S/C14H30N2O2S/c1-5-15-12-13-8-6-7-10-16(13)19(17,18)11-9-14(2,3)4/h13,15H,5-12H2,1-4H3. The van der Waals surface area contributed by atoms with Crippen molar-refractivity contribution < 1.29 is 8.42 Å². The fraction of sp³-hybridized carbons (Fsp3) is 1.00. The molecule has 0 aromatic carbocycles. The summed E-state index contributed by atoms with van der Waals surface area (Å²) in [4.78, 5) is 0. The highest BCUT2D eigenvalue weighted by atomic mass is 32.2. The van der Waals surface area contributed by atoms with Crippen LogP contribution in [0.1, 0.15) is 53.4 Å². The Morgan fingerprint density at radius 3 is 2.53 bits per heavy atom. The minimum absolute atomic E-state index is 0.0695. The third-order valence-corrected chi connectivity index (χ3v) is 5.59. The number of hydrogen-bond acceptors (Lipinski definition) is 3. The van der Waals surface area contributed by atoms with Crippen LogP contribution in [0.5, 0.6) is 0 Å². The quantitative estimate of drug-likeness (QED) is 0.816. The first-order valence-electron chi connectivity index (χ1n) is 7.46. The summed E-state index contributed by atoms with van der Waals surface area (Å²) < 4.78 is 26.8. The second-order valence-corrected chi connectivity index (χ2v) is 8.74. The zero-order valence-corrected chi connectivity index (χ0v) is 13.7. The number of piperidine rings is 1. The fourth-order valence-electron chi connectivity index (χ4n) is 2.41. The summed E-state index contributed by atoms with van der Waals surface area (Å²) in [5.74, 6) is 0.277. The lowest BCUT2D eigenvalue weighted by Gasteiger charge is -2.35. The van der Waals surface area contributed by atoms with Crippen molar-refractivity contribution >= 4 is 10.0 Å². The van der Waals surface area contributed by atoms with Gasteiger partial charge in [0.2, 0.25) is 10.0 Å². The van der Waals surface area contributed by atoms with Crippen molar-refractivity contribution in [3.63, 3.8) is 0 Å². The first kappa shape index (κ1) is 16.9. The van der Waals surface area contributed by atoms with Gasteiger partial charge < -0.3 is 5.32 Å². The van der Waals surface area contributed by atoms with Crippen molar-refractivity contribution in [2.75, 3.05) is 25.4 Å². The number of likely N-dealkylation sites (N-methyl/N-ethyl adjacent to an activating group) is 1. The summed E-state index contributed by atoms with van der Waals surface area (Å²) in [5, 5.41) is 3.29. The maximum atomic E-state index is 12.5. The molecule has 1 heterocycles. The first-order chi connectivity index (χ1) is 8.76. The maximum Gasteiger partial charge on any atom is 0.214 e. The number of sulfonamides is 1. The van der Waals surface area contributed by atoms with Crippen molar-refractivity contribution in [2.45, 2.75) is 59.4 Å². The van der Waals surface area contributed by atoms with Crippen molar-refractivity contribution in [1.29, 1.82) is 0 Å². The van der Waals surface area contributed by atoms with Crippen molar-refractivity contribution in [3.8, 4) is 0 Å². The molecule has 0 spiro atoms. The van der Waals surface area contributed by atoms with Crippen molar-refractivity contribution in [1.82, 2.24) is 9.62 Å². The molecule has 0 amide bonds. The average molecular weight is 290 g/mol. The van der Waals surface area contributed by atoms with Crippen LogP contribution in [0.2, 0.25) is 0 Å². The Morgan fingerprint density at radius 1 is 1.26 bits per heavy atom. The van der Waals surface area contributed by atoms with Gasteiger partial charge in [-0.15, -0.1) is 0 Å². The molecular formula is C14H30N2O2S. The Bertz CT molecular complexity index is 360. The van der Waals surface area contributed by atoms with Gasteiger partial charge >= 0.3 is 0 Å². The van der Waals surface area contributed by atoms with E-state index in [4.69, 9.17) is 0 Å². The van der Waals surface area contributed by atoms with Crippen LogP contribution in [0.3, 0.4) is 0 Å². The van der Waals surface area contributed by atoms with Crippen LogP contribution in [0.4, 0.5) is 0 Å². The zero-order valence-electron chi connectivity index (χ0n) is 12.9. The van der Waals surface area contributed by atoms with Crippen LogP contribution in [0.25, 0.3) is 0 Å². The molecule has 1 N–H and O–H groups in total. The molecule has 0 saturated carbocycles. The third kappa shape index (κ3) is 5.79. The van der Waals surface area contributed by atoms with Crippen LogP contribution < -0.4 is 5.32 Å². The van der Waals surface area contributed by atoms with E-state index in [0.29, 0.717) is 6.54 Å². The lowest BCUT2D eigenvalue weighted by molar-refractivity contribution is 0.245. The van der Waals surface area contributed by atoms with Crippen molar-refractivity contribution in [2.24, 2.45) is 5.41 Å². The minimum Gasteiger partial charge on any atom is -0.315 e. The summed E-state index contributed by atoms with van der Waals surface area (Å²) >= 11 is 0. The van der Waals surface area contributed by atoms with E-state index in [9.17, 15) is 8.42 Å². The highest BCUT2D eigenvalue weighted by molar-refractivity contribution is 7.89. The van der Waals surface area contributed by atoms with Gasteiger partial charge in [-0.3, -0.25) is 0 Å². The number of rotatable bonds is 6. The molecule has 4 nitrogen and oxygen atoms in total. The summed E-state index contributed by atoms with van der Waals surface area (Å²) in [5.41, 5.74) is 0.0695. The molecule has 1 unspecified atom stereocenters. The van der Waals surface area contributed by atoms with Crippen LogP contribution in [0, 0.1) is 5.41 Å². The molecule has 0 bridgehead atoms. The van der Waals surface area contributed by atoms with Crippen molar-refractivity contribution in [3.05, 3.63) is 0 Å². The molecule has 1 atom stereocenters. The maximum absolute atomic E-state index is 12.5. The monoisotopic (exact) mass is 290 g/mol. The summed E-state index contributed by atoms with van der Waals surface area (Å²) in [6.45, 7) is 10.7. The number of nitrogens with one attached hydrogen (secondary N) is 1. The molecule has 114 valence electrons. The van der Waals surface area contributed by atoms with E-state index < -0.39 is 10.0 Å². The Kier molecular flexibility index (Phi) is 6.27.